The van der Waals surface area contributed by atoms with Gasteiger partial charge in [-0.05, 0) is 30.0 Å². The van der Waals surface area contributed by atoms with E-state index in [1.807, 2.05) is 37.4 Å². The maximum absolute atomic E-state index is 13.7. The van der Waals surface area contributed by atoms with Crippen LogP contribution in [0.2, 0.25) is 0 Å². The van der Waals surface area contributed by atoms with Gasteiger partial charge < -0.3 is 22.5 Å². The van der Waals surface area contributed by atoms with Crippen LogP contribution in [0.4, 0.5) is 4.39 Å². The van der Waals surface area contributed by atoms with E-state index in [0.29, 0.717) is 12.1 Å². The van der Waals surface area contributed by atoms with E-state index in [4.69, 9.17) is 4.74 Å². The summed E-state index contributed by atoms with van der Waals surface area (Å²) >= 11 is 0. The van der Waals surface area contributed by atoms with Gasteiger partial charge in [-0.15, -0.1) is 0 Å². The van der Waals surface area contributed by atoms with Crippen LogP contribution in [0.15, 0.2) is 60.7 Å². The third-order valence-electron chi connectivity index (χ3n) is 3.69. The number of rotatable bonds is 5. The first-order valence-electron chi connectivity index (χ1n) is 7.31. The molecule has 0 atom stereocenters. The molecule has 0 saturated heterocycles. The molecule has 0 aromatic heterocycles. The Bertz CT molecular complexity index is 791. The molecular formula is C19H18ClFNO-. The van der Waals surface area contributed by atoms with Crippen molar-refractivity contribution < 1.29 is 21.5 Å². The first-order valence-corrected chi connectivity index (χ1v) is 7.31. The zero-order chi connectivity index (χ0) is 15.4. The van der Waals surface area contributed by atoms with Crippen molar-refractivity contribution in [1.82, 2.24) is 5.32 Å². The van der Waals surface area contributed by atoms with Gasteiger partial charge in [0, 0.05) is 17.7 Å². The van der Waals surface area contributed by atoms with Gasteiger partial charge >= 0.3 is 0 Å². The second-order valence-corrected chi connectivity index (χ2v) is 5.17. The van der Waals surface area contributed by atoms with Crippen LogP contribution in [0.25, 0.3) is 10.8 Å². The topological polar surface area (TPSA) is 21.3 Å². The molecule has 3 rings (SSSR count). The molecule has 0 aliphatic rings. The molecule has 0 unspecified atom stereocenters. The Hall–Kier alpha value is -2.10. The number of benzene rings is 3. The first kappa shape index (κ1) is 17.3. The Morgan fingerprint density at radius 3 is 2.48 bits per heavy atom. The first-order chi connectivity index (χ1) is 10.8. The number of nitrogens with one attached hydrogen (secondary N) is 1. The van der Waals surface area contributed by atoms with Crippen LogP contribution in [0.3, 0.4) is 0 Å². The number of fused-ring (bicyclic) bond motifs is 1. The van der Waals surface area contributed by atoms with Crippen LogP contribution >= 0.6 is 0 Å². The van der Waals surface area contributed by atoms with E-state index in [-0.39, 0.29) is 24.8 Å². The average molecular weight is 331 g/mol. The summed E-state index contributed by atoms with van der Waals surface area (Å²) in [5, 5.41) is 5.50. The van der Waals surface area contributed by atoms with Crippen molar-refractivity contribution in [2.45, 2.75) is 13.2 Å². The van der Waals surface area contributed by atoms with Gasteiger partial charge in [-0.1, -0.05) is 48.5 Å². The van der Waals surface area contributed by atoms with Crippen molar-refractivity contribution >= 4 is 10.8 Å². The van der Waals surface area contributed by atoms with Gasteiger partial charge in [0.05, 0.1) is 0 Å². The Labute approximate surface area is 141 Å². The summed E-state index contributed by atoms with van der Waals surface area (Å²) in [4.78, 5) is 0. The van der Waals surface area contributed by atoms with Crippen molar-refractivity contribution in [3.8, 4) is 5.75 Å². The molecule has 0 spiro atoms. The fourth-order valence-electron chi connectivity index (χ4n) is 2.58. The number of halogens is 2. The fourth-order valence-corrected chi connectivity index (χ4v) is 2.58. The van der Waals surface area contributed by atoms with Crippen LogP contribution in [0.1, 0.15) is 11.1 Å². The molecular weight excluding hydrogens is 313 g/mol. The van der Waals surface area contributed by atoms with E-state index in [2.05, 4.69) is 17.4 Å². The summed E-state index contributed by atoms with van der Waals surface area (Å²) in [7, 11) is 1.91. The van der Waals surface area contributed by atoms with Gasteiger partial charge in [-0.3, -0.25) is 0 Å². The number of ether oxygens (including phenoxy) is 1. The van der Waals surface area contributed by atoms with Crippen molar-refractivity contribution in [1.29, 1.82) is 0 Å². The number of hydrogen-bond donors (Lipinski definition) is 1. The smallest absolute Gasteiger partial charge is 0.129 e. The fraction of sp³-hybridized carbons (Fsp3) is 0.158. The summed E-state index contributed by atoms with van der Waals surface area (Å²) in [5.41, 5.74) is 1.66. The second-order valence-electron chi connectivity index (χ2n) is 5.17. The van der Waals surface area contributed by atoms with E-state index in [1.54, 1.807) is 12.1 Å². The van der Waals surface area contributed by atoms with Gasteiger partial charge in [0.1, 0.15) is 18.2 Å². The van der Waals surface area contributed by atoms with Gasteiger partial charge in [-0.2, -0.15) is 0 Å². The highest BCUT2D eigenvalue weighted by molar-refractivity contribution is 5.87. The Kier molecular flexibility index (Phi) is 5.97. The molecule has 0 bridgehead atoms. The molecule has 0 heterocycles. The molecule has 3 aromatic rings. The maximum Gasteiger partial charge on any atom is 0.129 e. The minimum absolute atomic E-state index is 0. The second kappa shape index (κ2) is 7.95. The monoisotopic (exact) mass is 330 g/mol. The van der Waals surface area contributed by atoms with E-state index < -0.39 is 0 Å². The van der Waals surface area contributed by atoms with E-state index in [1.165, 1.54) is 11.5 Å². The van der Waals surface area contributed by atoms with Gasteiger partial charge in [0.2, 0.25) is 0 Å². The lowest BCUT2D eigenvalue weighted by atomic mass is 10.0. The van der Waals surface area contributed by atoms with Crippen LogP contribution < -0.4 is 22.5 Å². The standard InChI is InChI=1S/C19H18FNO.ClH/c1-21-12-17-16-8-4-2-6-14(16)10-11-19(17)22-13-15-7-3-5-9-18(15)20;/h2-11,21H,12-13H2,1H3;1H/p-1. The Morgan fingerprint density at radius 2 is 1.70 bits per heavy atom. The molecule has 0 radical (unpaired) electrons. The third-order valence-corrected chi connectivity index (χ3v) is 3.69. The highest BCUT2D eigenvalue weighted by atomic mass is 35.5. The van der Waals surface area contributed by atoms with Crippen molar-refractivity contribution in [3.05, 3.63) is 77.6 Å². The Morgan fingerprint density at radius 1 is 0.957 bits per heavy atom. The molecule has 4 heteroatoms. The largest absolute Gasteiger partial charge is 1.00 e. The van der Waals surface area contributed by atoms with Crippen molar-refractivity contribution in [3.63, 3.8) is 0 Å². The molecule has 3 aromatic carbocycles. The van der Waals surface area contributed by atoms with Crippen LogP contribution in [-0.4, -0.2) is 7.05 Å². The summed E-state index contributed by atoms with van der Waals surface area (Å²) < 4.78 is 19.6. The summed E-state index contributed by atoms with van der Waals surface area (Å²) in [6.07, 6.45) is 0. The molecule has 120 valence electrons. The van der Waals surface area contributed by atoms with Crippen LogP contribution in [0, 0.1) is 5.82 Å². The lowest BCUT2D eigenvalue weighted by Crippen LogP contribution is -3.00. The summed E-state index contributed by atoms with van der Waals surface area (Å²) in [6, 6.07) is 18.9. The zero-order valence-electron chi connectivity index (χ0n) is 12.9. The molecule has 0 amide bonds. The van der Waals surface area contributed by atoms with Gasteiger partial charge in [0.15, 0.2) is 0 Å². The number of hydrogen-bond acceptors (Lipinski definition) is 2. The molecule has 23 heavy (non-hydrogen) atoms. The average Bonchev–Trinajstić information content (AvgIpc) is 2.55. The highest BCUT2D eigenvalue weighted by Crippen LogP contribution is 2.28. The lowest BCUT2D eigenvalue weighted by molar-refractivity contribution is -0.00000537. The van der Waals surface area contributed by atoms with E-state index in [9.17, 15) is 4.39 Å². The van der Waals surface area contributed by atoms with Crippen molar-refractivity contribution in [2.75, 3.05) is 7.05 Å². The molecule has 2 nitrogen and oxygen atoms in total. The van der Waals surface area contributed by atoms with Crippen LogP contribution in [0.5, 0.6) is 5.75 Å². The molecule has 0 aliphatic carbocycles. The van der Waals surface area contributed by atoms with Crippen LogP contribution in [-0.2, 0) is 13.2 Å². The summed E-state index contributed by atoms with van der Waals surface area (Å²) in [5.74, 6) is 0.551. The van der Waals surface area contributed by atoms with E-state index in [0.717, 1.165) is 16.7 Å². The summed E-state index contributed by atoms with van der Waals surface area (Å²) in [6.45, 7) is 0.926. The van der Waals surface area contributed by atoms with E-state index >= 15 is 0 Å². The Balaban J connectivity index is 0.00000192. The predicted molar refractivity (Wildman–Crippen MR) is 87.4 cm³/mol. The quantitative estimate of drug-likeness (QED) is 0.761. The normalized spacial score (nSPS) is 10.3. The molecule has 1 N–H and O–H groups in total. The maximum atomic E-state index is 13.7. The molecule has 0 saturated carbocycles. The minimum atomic E-state index is -0.238. The molecule has 0 fully saturated rings. The third kappa shape index (κ3) is 3.81. The van der Waals surface area contributed by atoms with Gasteiger partial charge in [0.25, 0.3) is 0 Å². The minimum Gasteiger partial charge on any atom is -1.00 e. The zero-order valence-corrected chi connectivity index (χ0v) is 13.6. The van der Waals surface area contributed by atoms with Crippen molar-refractivity contribution in [2.24, 2.45) is 0 Å². The SMILES string of the molecule is CNCc1c(OCc2ccccc2F)ccc2ccccc12.[Cl-]. The highest BCUT2D eigenvalue weighted by Gasteiger charge is 2.09. The predicted octanol–water partition coefficient (Wildman–Crippen LogP) is 1.28. The molecule has 0 aliphatic heterocycles. The van der Waals surface area contributed by atoms with Gasteiger partial charge in [-0.25, -0.2) is 4.39 Å². The lowest BCUT2D eigenvalue weighted by Gasteiger charge is -2.14.